The first-order valence-electron chi connectivity index (χ1n) is 6.62. The van der Waals surface area contributed by atoms with Crippen LogP contribution in [0.15, 0.2) is 43.5 Å². The van der Waals surface area contributed by atoms with Crippen LogP contribution in [-0.2, 0) is 6.42 Å². The molecule has 0 aliphatic heterocycles. The summed E-state index contributed by atoms with van der Waals surface area (Å²) in [6.45, 7) is 9.20. The summed E-state index contributed by atoms with van der Waals surface area (Å²) < 4.78 is 11.4. The van der Waals surface area contributed by atoms with Crippen LogP contribution in [0.2, 0.25) is 0 Å². The Kier molecular flexibility index (Phi) is 7.44. The summed E-state index contributed by atoms with van der Waals surface area (Å²) in [6.07, 6.45) is 6.14. The van der Waals surface area contributed by atoms with Gasteiger partial charge in [-0.25, -0.2) is 0 Å². The van der Waals surface area contributed by atoms with Crippen molar-refractivity contribution in [2.45, 2.75) is 19.3 Å². The molecule has 0 atom stereocenters. The van der Waals surface area contributed by atoms with E-state index in [1.807, 2.05) is 30.4 Å². The number of hydrogen-bond donors (Lipinski definition) is 1. The summed E-state index contributed by atoms with van der Waals surface area (Å²) >= 11 is 0. The summed E-state index contributed by atoms with van der Waals surface area (Å²) in [5.41, 5.74) is 6.73. The third kappa shape index (κ3) is 5.62. The predicted molar refractivity (Wildman–Crippen MR) is 79.8 cm³/mol. The van der Waals surface area contributed by atoms with Crippen LogP contribution in [0.25, 0.3) is 0 Å². The zero-order chi connectivity index (χ0) is 13.9. The normalized spacial score (nSPS) is 9.95. The van der Waals surface area contributed by atoms with Crippen LogP contribution in [0.1, 0.15) is 18.4 Å². The Morgan fingerprint density at radius 2 is 1.63 bits per heavy atom. The van der Waals surface area contributed by atoms with Gasteiger partial charge in [-0.05, 0) is 43.5 Å². The third-order valence-corrected chi connectivity index (χ3v) is 2.60. The van der Waals surface area contributed by atoms with Crippen molar-refractivity contribution in [2.24, 2.45) is 5.73 Å². The molecular formula is C16H23NO2. The average molecular weight is 261 g/mol. The Morgan fingerprint density at radius 1 is 1.00 bits per heavy atom. The van der Waals surface area contributed by atoms with Gasteiger partial charge in [-0.3, -0.25) is 0 Å². The van der Waals surface area contributed by atoms with Gasteiger partial charge in [-0.15, -0.1) is 13.2 Å². The summed E-state index contributed by atoms with van der Waals surface area (Å²) in [6, 6.07) is 5.97. The Balaban J connectivity index is 2.74. The topological polar surface area (TPSA) is 44.5 Å². The van der Waals surface area contributed by atoms with E-state index in [2.05, 4.69) is 13.2 Å². The molecule has 0 aliphatic rings. The minimum atomic E-state index is 0.605. The number of hydrogen-bond acceptors (Lipinski definition) is 3. The summed E-state index contributed by atoms with van der Waals surface area (Å²) in [5, 5.41) is 0. The summed E-state index contributed by atoms with van der Waals surface area (Å²) in [4.78, 5) is 0. The maximum atomic E-state index is 5.73. The van der Waals surface area contributed by atoms with E-state index in [1.54, 1.807) is 0 Å². The SMILES string of the molecule is C=CCCOc1ccc(CCN)cc1OCCC=C. The van der Waals surface area contributed by atoms with Crippen LogP contribution in [0.5, 0.6) is 11.5 Å². The van der Waals surface area contributed by atoms with E-state index in [-0.39, 0.29) is 0 Å². The maximum Gasteiger partial charge on any atom is 0.161 e. The lowest BCUT2D eigenvalue weighted by molar-refractivity contribution is 0.274. The molecule has 0 saturated heterocycles. The van der Waals surface area contributed by atoms with Crippen molar-refractivity contribution in [3.63, 3.8) is 0 Å². The monoisotopic (exact) mass is 261 g/mol. The molecule has 1 aromatic carbocycles. The largest absolute Gasteiger partial charge is 0.489 e. The lowest BCUT2D eigenvalue weighted by Gasteiger charge is -2.13. The quantitative estimate of drug-likeness (QED) is 0.520. The van der Waals surface area contributed by atoms with Crippen LogP contribution >= 0.6 is 0 Å². The fraction of sp³-hybridized carbons (Fsp3) is 0.375. The van der Waals surface area contributed by atoms with Gasteiger partial charge in [0.2, 0.25) is 0 Å². The standard InChI is InChI=1S/C16H23NO2/c1-3-5-11-18-15-8-7-14(9-10-17)13-16(15)19-12-6-4-2/h3-4,7-8,13H,1-2,5-6,9-12,17H2. The van der Waals surface area contributed by atoms with Gasteiger partial charge in [-0.1, -0.05) is 18.2 Å². The van der Waals surface area contributed by atoms with E-state index in [1.165, 1.54) is 0 Å². The molecule has 19 heavy (non-hydrogen) atoms. The van der Waals surface area contributed by atoms with Gasteiger partial charge in [0.15, 0.2) is 11.5 Å². The summed E-state index contributed by atoms with van der Waals surface area (Å²) in [7, 11) is 0. The van der Waals surface area contributed by atoms with Crippen molar-refractivity contribution in [3.05, 3.63) is 49.1 Å². The molecule has 104 valence electrons. The molecule has 0 radical (unpaired) electrons. The molecule has 0 aromatic heterocycles. The second-order valence-electron chi connectivity index (χ2n) is 4.17. The highest BCUT2D eigenvalue weighted by atomic mass is 16.5. The Labute approximate surface area is 115 Å². The highest BCUT2D eigenvalue weighted by molar-refractivity contribution is 5.43. The lowest BCUT2D eigenvalue weighted by atomic mass is 10.1. The van der Waals surface area contributed by atoms with Crippen molar-refractivity contribution >= 4 is 0 Å². The first kappa shape index (κ1) is 15.3. The van der Waals surface area contributed by atoms with E-state index in [9.17, 15) is 0 Å². The Morgan fingerprint density at radius 3 is 2.21 bits per heavy atom. The van der Waals surface area contributed by atoms with Gasteiger partial charge >= 0.3 is 0 Å². The van der Waals surface area contributed by atoms with Gasteiger partial charge in [0, 0.05) is 0 Å². The van der Waals surface area contributed by atoms with Crippen molar-refractivity contribution in [2.75, 3.05) is 19.8 Å². The van der Waals surface area contributed by atoms with Crippen LogP contribution in [-0.4, -0.2) is 19.8 Å². The fourth-order valence-electron chi connectivity index (χ4n) is 1.61. The predicted octanol–water partition coefficient (Wildman–Crippen LogP) is 3.10. The molecular weight excluding hydrogens is 238 g/mol. The highest BCUT2D eigenvalue weighted by Crippen LogP contribution is 2.29. The minimum Gasteiger partial charge on any atom is -0.489 e. The Bertz CT molecular complexity index is 402. The maximum absolute atomic E-state index is 5.73. The van der Waals surface area contributed by atoms with Crippen molar-refractivity contribution in [3.8, 4) is 11.5 Å². The molecule has 0 amide bonds. The van der Waals surface area contributed by atoms with Crippen LogP contribution in [0.4, 0.5) is 0 Å². The van der Waals surface area contributed by atoms with Gasteiger partial charge in [0.25, 0.3) is 0 Å². The number of ether oxygens (including phenoxy) is 2. The molecule has 0 fully saturated rings. The zero-order valence-electron chi connectivity index (χ0n) is 11.4. The van der Waals surface area contributed by atoms with E-state index in [0.29, 0.717) is 19.8 Å². The Hall–Kier alpha value is -1.74. The molecule has 0 unspecified atom stereocenters. The second kappa shape index (κ2) is 9.22. The molecule has 0 spiro atoms. The van der Waals surface area contributed by atoms with E-state index in [4.69, 9.17) is 15.2 Å². The highest BCUT2D eigenvalue weighted by Gasteiger charge is 2.06. The van der Waals surface area contributed by atoms with Crippen molar-refractivity contribution < 1.29 is 9.47 Å². The van der Waals surface area contributed by atoms with E-state index >= 15 is 0 Å². The molecule has 1 rings (SSSR count). The van der Waals surface area contributed by atoms with Gasteiger partial charge in [0.05, 0.1) is 13.2 Å². The number of rotatable bonds is 10. The average Bonchev–Trinajstić information content (AvgIpc) is 2.42. The smallest absolute Gasteiger partial charge is 0.161 e. The van der Waals surface area contributed by atoms with Gasteiger partial charge in [0.1, 0.15) is 0 Å². The van der Waals surface area contributed by atoms with Crippen LogP contribution in [0.3, 0.4) is 0 Å². The lowest BCUT2D eigenvalue weighted by Crippen LogP contribution is -2.05. The zero-order valence-corrected chi connectivity index (χ0v) is 11.4. The fourth-order valence-corrected chi connectivity index (χ4v) is 1.61. The molecule has 0 heterocycles. The van der Waals surface area contributed by atoms with E-state index in [0.717, 1.165) is 36.3 Å². The van der Waals surface area contributed by atoms with Gasteiger partial charge in [-0.2, -0.15) is 0 Å². The molecule has 0 bridgehead atoms. The van der Waals surface area contributed by atoms with Crippen molar-refractivity contribution in [1.29, 1.82) is 0 Å². The summed E-state index contributed by atoms with van der Waals surface area (Å²) in [5.74, 6) is 1.54. The van der Waals surface area contributed by atoms with Crippen LogP contribution < -0.4 is 15.2 Å². The third-order valence-electron chi connectivity index (χ3n) is 2.60. The molecule has 1 aromatic rings. The number of benzene rings is 1. The first-order valence-corrected chi connectivity index (χ1v) is 6.62. The first-order chi connectivity index (χ1) is 9.31. The molecule has 0 aliphatic carbocycles. The van der Waals surface area contributed by atoms with Gasteiger partial charge < -0.3 is 15.2 Å². The molecule has 3 heteroatoms. The second-order valence-corrected chi connectivity index (χ2v) is 4.17. The minimum absolute atomic E-state index is 0.605. The molecule has 2 N–H and O–H groups in total. The van der Waals surface area contributed by atoms with E-state index < -0.39 is 0 Å². The van der Waals surface area contributed by atoms with Crippen molar-refractivity contribution in [1.82, 2.24) is 0 Å². The van der Waals surface area contributed by atoms with Crippen LogP contribution in [0, 0.1) is 0 Å². The number of nitrogens with two attached hydrogens (primary N) is 1. The molecule has 3 nitrogen and oxygen atoms in total. The molecule has 0 saturated carbocycles.